The fraction of sp³-hybridized carbons (Fsp3) is 0.391. The number of aliphatic hydroxyl groups excluding tert-OH is 1. The molecule has 0 aliphatic heterocycles. The molecule has 0 aromatic heterocycles. The van der Waals surface area contributed by atoms with Crippen molar-refractivity contribution in [1.29, 1.82) is 5.41 Å². The molecule has 2 aromatic rings. The van der Waals surface area contributed by atoms with Gasteiger partial charge in [-0.3, -0.25) is 5.41 Å². The van der Waals surface area contributed by atoms with Crippen molar-refractivity contribution in [1.82, 2.24) is 0 Å². The topological polar surface area (TPSA) is 129 Å². The quantitative estimate of drug-likeness (QED) is 0.284. The van der Waals surface area contributed by atoms with Crippen molar-refractivity contribution in [3.8, 4) is 5.75 Å². The van der Waals surface area contributed by atoms with Crippen LogP contribution in [-0.2, 0) is 17.6 Å². The van der Waals surface area contributed by atoms with Gasteiger partial charge in [0.2, 0.25) is 0 Å². The Kier molecular flexibility index (Phi) is 8.24. The lowest BCUT2D eigenvalue weighted by Crippen LogP contribution is -2.23. The van der Waals surface area contributed by atoms with Crippen LogP contribution < -0.4 is 15.8 Å². The van der Waals surface area contributed by atoms with Crippen molar-refractivity contribution in [2.75, 3.05) is 18.5 Å². The zero-order chi connectivity index (χ0) is 22.3. The number of hydrogen-bond acceptors (Lipinski definition) is 5. The van der Waals surface area contributed by atoms with E-state index in [0.717, 1.165) is 24.0 Å². The molecular weight excluding hydrogens is 382 g/mol. The number of amidine groups is 1. The van der Waals surface area contributed by atoms with E-state index < -0.39 is 12.0 Å². The summed E-state index contributed by atoms with van der Waals surface area (Å²) in [5, 5.41) is 29.8. The minimum absolute atomic E-state index is 0.0509. The number of aliphatic carboxylic acids is 1. The maximum Gasteiger partial charge on any atom is 0.330 e. The number of ether oxygens (including phenoxy) is 1. The van der Waals surface area contributed by atoms with Crippen LogP contribution in [0.15, 0.2) is 36.4 Å². The number of aliphatic hydroxyl groups is 1. The molecule has 0 heterocycles. The van der Waals surface area contributed by atoms with E-state index in [1.807, 2.05) is 13.0 Å². The molecule has 0 spiro atoms. The number of benzene rings is 2. The molecule has 0 aliphatic carbocycles. The summed E-state index contributed by atoms with van der Waals surface area (Å²) in [5.74, 6) is -0.222. The molecule has 7 nitrogen and oxygen atoms in total. The smallest absolute Gasteiger partial charge is 0.330 e. The predicted octanol–water partition coefficient (Wildman–Crippen LogP) is 3.34. The Balaban J connectivity index is 2.52. The number of rotatable bonds is 11. The van der Waals surface area contributed by atoms with Gasteiger partial charge in [0.1, 0.15) is 18.2 Å². The first-order valence-corrected chi connectivity index (χ1v) is 10.1. The van der Waals surface area contributed by atoms with Gasteiger partial charge in [-0.05, 0) is 60.2 Å². The predicted molar refractivity (Wildman–Crippen MR) is 118 cm³/mol. The van der Waals surface area contributed by atoms with Crippen LogP contribution in [-0.4, -0.2) is 35.2 Å². The van der Waals surface area contributed by atoms with Crippen molar-refractivity contribution in [3.05, 3.63) is 58.7 Å². The van der Waals surface area contributed by atoms with Crippen LogP contribution >= 0.6 is 0 Å². The molecule has 2 aromatic carbocycles. The second-order valence-corrected chi connectivity index (χ2v) is 7.60. The van der Waals surface area contributed by atoms with Crippen LogP contribution in [0.4, 0.5) is 5.69 Å². The fourth-order valence-electron chi connectivity index (χ4n) is 3.30. The Labute approximate surface area is 177 Å². The zero-order valence-electron chi connectivity index (χ0n) is 17.7. The number of carbonyl (C=O) groups is 1. The van der Waals surface area contributed by atoms with E-state index in [2.05, 4.69) is 25.2 Å². The molecule has 0 saturated heterocycles. The molecule has 1 atom stereocenters. The summed E-state index contributed by atoms with van der Waals surface area (Å²) >= 11 is 0. The second-order valence-electron chi connectivity index (χ2n) is 7.60. The average Bonchev–Trinajstić information content (AvgIpc) is 2.70. The van der Waals surface area contributed by atoms with Gasteiger partial charge < -0.3 is 26.0 Å². The molecule has 0 saturated carbocycles. The third kappa shape index (κ3) is 5.97. The minimum Gasteiger partial charge on any atom is -0.491 e. The molecule has 6 N–H and O–H groups in total. The Bertz CT molecular complexity index is 879. The summed E-state index contributed by atoms with van der Waals surface area (Å²) < 4.78 is 5.84. The van der Waals surface area contributed by atoms with Crippen LogP contribution in [0.5, 0.6) is 5.75 Å². The molecule has 0 aliphatic rings. The Morgan fingerprint density at radius 2 is 1.90 bits per heavy atom. The Morgan fingerprint density at radius 3 is 2.40 bits per heavy atom. The number of anilines is 1. The second kappa shape index (κ2) is 10.6. The van der Waals surface area contributed by atoms with Crippen LogP contribution in [0.25, 0.3) is 0 Å². The van der Waals surface area contributed by atoms with E-state index in [4.69, 9.17) is 15.9 Å². The first-order chi connectivity index (χ1) is 14.3. The molecular formula is C23H31N3O4. The summed E-state index contributed by atoms with van der Waals surface area (Å²) in [5.41, 5.74) is 9.14. The van der Waals surface area contributed by atoms with Crippen LogP contribution in [0, 0.1) is 11.3 Å². The highest BCUT2D eigenvalue weighted by atomic mass is 16.5. The number of nitrogen functional groups attached to an aromatic ring is 1. The SMILES string of the molecule is CCc1cc(CC(C)C)c(OCCO)c(C(Nc2ccc(C(=N)N)cc2)C(=O)O)c1. The van der Waals surface area contributed by atoms with Gasteiger partial charge in [-0.25, -0.2) is 4.79 Å². The van der Waals surface area contributed by atoms with E-state index in [1.165, 1.54) is 0 Å². The van der Waals surface area contributed by atoms with Crippen LogP contribution in [0.3, 0.4) is 0 Å². The van der Waals surface area contributed by atoms with Gasteiger partial charge in [0.25, 0.3) is 0 Å². The Morgan fingerprint density at radius 1 is 1.23 bits per heavy atom. The number of hydrogen-bond donors (Lipinski definition) is 5. The highest BCUT2D eigenvalue weighted by Crippen LogP contribution is 2.35. The van der Waals surface area contributed by atoms with Gasteiger partial charge in [0.05, 0.1) is 6.61 Å². The van der Waals surface area contributed by atoms with Crippen molar-refractivity contribution < 1.29 is 19.7 Å². The maximum atomic E-state index is 12.2. The number of nitrogens with one attached hydrogen (secondary N) is 2. The molecule has 0 radical (unpaired) electrons. The Hall–Kier alpha value is -3.06. The first kappa shape index (κ1) is 23.2. The van der Waals surface area contributed by atoms with Crippen molar-refractivity contribution in [2.24, 2.45) is 11.7 Å². The summed E-state index contributed by atoms with van der Waals surface area (Å²) in [6, 6.07) is 9.58. The molecule has 0 amide bonds. The zero-order valence-corrected chi connectivity index (χ0v) is 17.7. The summed E-state index contributed by atoms with van der Waals surface area (Å²) in [6.45, 7) is 6.14. The van der Waals surface area contributed by atoms with Crippen molar-refractivity contribution in [3.63, 3.8) is 0 Å². The third-order valence-electron chi connectivity index (χ3n) is 4.69. The standard InChI is InChI=1S/C23H31N3O4/c1-4-15-12-17(11-14(2)3)21(30-10-9-27)19(13-15)20(23(28)29)26-18-7-5-16(6-8-18)22(24)25/h5-8,12-14,20,26-27H,4,9-11H2,1-3H3,(H3,24,25)(H,28,29). The summed E-state index contributed by atoms with van der Waals surface area (Å²) in [6.07, 6.45) is 1.50. The lowest BCUT2D eigenvalue weighted by molar-refractivity contribution is -0.138. The number of aryl methyl sites for hydroxylation is 1. The van der Waals surface area contributed by atoms with E-state index in [9.17, 15) is 15.0 Å². The van der Waals surface area contributed by atoms with E-state index in [0.29, 0.717) is 28.5 Å². The molecule has 0 bridgehead atoms. The monoisotopic (exact) mass is 413 g/mol. The van der Waals surface area contributed by atoms with Gasteiger partial charge in [0.15, 0.2) is 6.04 Å². The maximum absolute atomic E-state index is 12.2. The number of carboxylic acid groups (broad SMARTS) is 1. The molecule has 30 heavy (non-hydrogen) atoms. The largest absolute Gasteiger partial charge is 0.491 e. The van der Waals surface area contributed by atoms with Crippen molar-refractivity contribution in [2.45, 2.75) is 39.7 Å². The van der Waals surface area contributed by atoms with Gasteiger partial charge in [-0.15, -0.1) is 0 Å². The van der Waals surface area contributed by atoms with Crippen molar-refractivity contribution >= 4 is 17.5 Å². The highest BCUT2D eigenvalue weighted by Gasteiger charge is 2.26. The van der Waals surface area contributed by atoms with Gasteiger partial charge in [-0.2, -0.15) is 0 Å². The molecule has 0 fully saturated rings. The summed E-state index contributed by atoms with van der Waals surface area (Å²) in [4.78, 5) is 12.2. The molecule has 7 heteroatoms. The highest BCUT2D eigenvalue weighted by molar-refractivity contribution is 5.95. The van der Waals surface area contributed by atoms with Gasteiger partial charge in [-0.1, -0.05) is 26.8 Å². The number of carboxylic acids is 1. The average molecular weight is 414 g/mol. The molecule has 162 valence electrons. The normalized spacial score (nSPS) is 11.9. The number of nitrogens with two attached hydrogens (primary N) is 1. The van der Waals surface area contributed by atoms with Crippen LogP contribution in [0.2, 0.25) is 0 Å². The lowest BCUT2D eigenvalue weighted by Gasteiger charge is -2.23. The van der Waals surface area contributed by atoms with E-state index >= 15 is 0 Å². The van der Waals surface area contributed by atoms with Gasteiger partial charge >= 0.3 is 5.97 Å². The van der Waals surface area contributed by atoms with E-state index in [1.54, 1.807) is 24.3 Å². The van der Waals surface area contributed by atoms with Gasteiger partial charge in [0, 0.05) is 16.8 Å². The van der Waals surface area contributed by atoms with Crippen LogP contribution in [0.1, 0.15) is 49.1 Å². The van der Waals surface area contributed by atoms with E-state index in [-0.39, 0.29) is 19.0 Å². The first-order valence-electron chi connectivity index (χ1n) is 10.1. The summed E-state index contributed by atoms with van der Waals surface area (Å²) in [7, 11) is 0. The third-order valence-corrected chi connectivity index (χ3v) is 4.69. The minimum atomic E-state index is -1.04. The molecule has 1 unspecified atom stereocenters. The molecule has 2 rings (SSSR count). The fourth-order valence-corrected chi connectivity index (χ4v) is 3.30. The lowest BCUT2D eigenvalue weighted by atomic mass is 9.93.